The molecule has 0 amide bonds. The average Bonchev–Trinajstić information content (AvgIpc) is 2.65. The highest BCUT2D eigenvalue weighted by molar-refractivity contribution is 6.33. The number of rotatable bonds is 1. The van der Waals surface area contributed by atoms with Crippen LogP contribution >= 0.6 is 23.2 Å². The summed E-state index contributed by atoms with van der Waals surface area (Å²) in [6.07, 6.45) is 0. The third-order valence-corrected chi connectivity index (χ3v) is 4.50. The lowest BCUT2D eigenvalue weighted by Crippen LogP contribution is -2.02. The average molecular weight is 387 g/mol. The molecule has 26 heavy (non-hydrogen) atoms. The van der Waals surface area contributed by atoms with Crippen molar-refractivity contribution in [2.75, 3.05) is 0 Å². The molecule has 0 atom stereocenters. The largest absolute Gasteiger partial charge is 0.506 e. The molecule has 1 aliphatic carbocycles. The van der Waals surface area contributed by atoms with Gasteiger partial charge in [0.25, 0.3) is 0 Å². The zero-order valence-corrected chi connectivity index (χ0v) is 15.7. The van der Waals surface area contributed by atoms with Crippen LogP contribution in [0.15, 0.2) is 63.8 Å². The quantitative estimate of drug-likeness (QED) is 0.374. The fourth-order valence-electron chi connectivity index (χ4n) is 2.82. The summed E-state index contributed by atoms with van der Waals surface area (Å²) in [5.74, 6) is 0.320. The van der Waals surface area contributed by atoms with Crippen molar-refractivity contribution in [3.8, 4) is 28.2 Å². The fraction of sp³-hybridized carbons (Fsp3) is 0.0952. The van der Waals surface area contributed by atoms with E-state index in [4.69, 9.17) is 27.6 Å². The van der Waals surface area contributed by atoms with Crippen molar-refractivity contribution < 1.29 is 9.52 Å². The van der Waals surface area contributed by atoms with Crippen molar-refractivity contribution in [3.05, 3.63) is 74.9 Å². The number of phenols is 1. The molecule has 0 radical (unpaired) electrons. The van der Waals surface area contributed by atoms with Crippen LogP contribution in [0.3, 0.4) is 0 Å². The Labute approximate surface area is 160 Å². The molecule has 0 saturated heterocycles. The monoisotopic (exact) mass is 386 g/mol. The number of aromatic hydroxyl groups is 1. The first kappa shape index (κ1) is 18.3. The molecule has 2 aliphatic rings. The van der Waals surface area contributed by atoms with E-state index < -0.39 is 0 Å². The third-order valence-electron chi connectivity index (χ3n) is 3.90. The summed E-state index contributed by atoms with van der Waals surface area (Å²) >= 11 is 12.1. The number of fused-ring (bicyclic) bond motifs is 2. The number of hydrogen-bond acceptors (Lipinski definition) is 3. The van der Waals surface area contributed by atoms with E-state index in [9.17, 15) is 9.90 Å². The van der Waals surface area contributed by atoms with Gasteiger partial charge in [0, 0.05) is 28.6 Å². The van der Waals surface area contributed by atoms with Crippen LogP contribution in [0.4, 0.5) is 0 Å². The molecule has 0 unspecified atom stereocenters. The first-order valence-corrected chi connectivity index (χ1v) is 8.94. The van der Waals surface area contributed by atoms with E-state index in [1.807, 2.05) is 44.2 Å². The maximum Gasteiger partial charge on any atom is 0.200 e. The van der Waals surface area contributed by atoms with E-state index in [0.29, 0.717) is 16.9 Å². The van der Waals surface area contributed by atoms with Crippen LogP contribution in [0.25, 0.3) is 33.4 Å². The minimum atomic E-state index is -0.315. The number of halogens is 2. The normalized spacial score (nSPS) is 10.6. The minimum absolute atomic E-state index is 0.0809. The molecule has 132 valence electrons. The standard InChI is InChI=1S/C19H10Cl2O3.C2H6/c20-13-6-11-17(8-15(13)22)24-18-9-16(23)14(21)7-12(18)19(11)10-4-2-1-3-5-10;1-2/h1-9,22H;1-2H3. The molecule has 0 fully saturated rings. The van der Waals surface area contributed by atoms with Crippen LogP contribution < -0.4 is 5.43 Å². The molecule has 2 aromatic rings. The SMILES string of the molecule is CC.O=c1cc2oc3cc(O)c(Cl)cc3c(-c3ccccc3)c-2cc1Cl. The van der Waals surface area contributed by atoms with Crippen molar-refractivity contribution in [2.24, 2.45) is 0 Å². The van der Waals surface area contributed by atoms with Gasteiger partial charge in [0.05, 0.1) is 10.0 Å². The predicted octanol–water partition coefficient (Wildman–Crippen LogP) is 6.60. The molecular weight excluding hydrogens is 371 g/mol. The molecule has 1 N–H and O–H groups in total. The first-order chi connectivity index (χ1) is 12.5. The fourth-order valence-corrected chi connectivity index (χ4v) is 3.14. The van der Waals surface area contributed by atoms with Gasteiger partial charge in [-0.15, -0.1) is 0 Å². The molecule has 0 spiro atoms. The molecule has 0 saturated carbocycles. The Balaban J connectivity index is 0.000000948. The smallest absolute Gasteiger partial charge is 0.200 e. The van der Waals surface area contributed by atoms with Crippen molar-refractivity contribution in [2.45, 2.75) is 13.8 Å². The van der Waals surface area contributed by atoms with E-state index in [0.717, 1.165) is 16.5 Å². The maximum atomic E-state index is 11.9. The van der Waals surface area contributed by atoms with Crippen molar-refractivity contribution >= 4 is 34.2 Å². The van der Waals surface area contributed by atoms with E-state index in [2.05, 4.69) is 0 Å². The summed E-state index contributed by atoms with van der Waals surface area (Å²) < 4.78 is 5.80. The lowest BCUT2D eigenvalue weighted by atomic mass is 9.94. The van der Waals surface area contributed by atoms with Gasteiger partial charge in [-0.25, -0.2) is 0 Å². The van der Waals surface area contributed by atoms with E-state index >= 15 is 0 Å². The van der Waals surface area contributed by atoms with E-state index in [1.165, 1.54) is 12.1 Å². The lowest BCUT2D eigenvalue weighted by Gasteiger charge is -2.16. The van der Waals surface area contributed by atoms with Gasteiger partial charge in [-0.1, -0.05) is 67.4 Å². The van der Waals surface area contributed by atoms with Gasteiger partial charge < -0.3 is 9.52 Å². The van der Waals surface area contributed by atoms with Crippen LogP contribution in [-0.4, -0.2) is 5.11 Å². The summed E-state index contributed by atoms with van der Waals surface area (Å²) in [5.41, 5.74) is 2.60. The summed E-state index contributed by atoms with van der Waals surface area (Å²) in [7, 11) is 0. The predicted molar refractivity (Wildman–Crippen MR) is 108 cm³/mol. The lowest BCUT2D eigenvalue weighted by molar-refractivity contribution is 0.474. The topological polar surface area (TPSA) is 50.4 Å². The Morgan fingerprint density at radius 1 is 0.923 bits per heavy atom. The van der Waals surface area contributed by atoms with Crippen molar-refractivity contribution in [1.82, 2.24) is 0 Å². The summed E-state index contributed by atoms with van der Waals surface area (Å²) in [6.45, 7) is 4.00. The Morgan fingerprint density at radius 2 is 1.62 bits per heavy atom. The van der Waals surface area contributed by atoms with Crippen LogP contribution in [-0.2, 0) is 0 Å². The van der Waals surface area contributed by atoms with Gasteiger partial charge >= 0.3 is 0 Å². The molecule has 0 aromatic heterocycles. The molecular formula is C21H16Cl2O3. The maximum absolute atomic E-state index is 11.9. The van der Waals surface area contributed by atoms with Gasteiger partial charge in [0.1, 0.15) is 17.1 Å². The van der Waals surface area contributed by atoms with E-state index in [1.54, 1.807) is 12.1 Å². The highest BCUT2D eigenvalue weighted by Gasteiger charge is 2.20. The van der Waals surface area contributed by atoms with Gasteiger partial charge in [-0.2, -0.15) is 0 Å². The third kappa shape index (κ3) is 3.16. The second-order valence-corrected chi connectivity index (χ2v) is 6.24. The first-order valence-electron chi connectivity index (χ1n) is 8.18. The molecule has 3 nitrogen and oxygen atoms in total. The highest BCUT2D eigenvalue weighted by atomic mass is 35.5. The van der Waals surface area contributed by atoms with Crippen LogP contribution in [0.5, 0.6) is 5.75 Å². The van der Waals surface area contributed by atoms with Crippen molar-refractivity contribution in [1.29, 1.82) is 0 Å². The molecule has 1 aliphatic heterocycles. The van der Waals surface area contributed by atoms with Gasteiger partial charge in [0.15, 0.2) is 0 Å². The zero-order valence-electron chi connectivity index (χ0n) is 14.2. The summed E-state index contributed by atoms with van der Waals surface area (Å²) in [4.78, 5) is 11.9. The Bertz CT molecular complexity index is 1100. The molecule has 2 aromatic carbocycles. The Morgan fingerprint density at radius 3 is 2.31 bits per heavy atom. The van der Waals surface area contributed by atoms with Crippen LogP contribution in [0.1, 0.15) is 13.8 Å². The van der Waals surface area contributed by atoms with Gasteiger partial charge in [-0.3, -0.25) is 4.79 Å². The molecule has 4 rings (SSSR count). The van der Waals surface area contributed by atoms with E-state index in [-0.39, 0.29) is 21.2 Å². The zero-order chi connectivity index (χ0) is 18.8. The molecule has 1 heterocycles. The number of benzene rings is 3. The second kappa shape index (κ2) is 7.40. The summed E-state index contributed by atoms with van der Waals surface area (Å²) in [6, 6.07) is 15.7. The number of hydrogen-bond donors (Lipinski definition) is 1. The second-order valence-electron chi connectivity index (χ2n) is 5.42. The Hall–Kier alpha value is -2.49. The number of phenolic OH excluding ortho intramolecular Hbond substituents is 1. The van der Waals surface area contributed by atoms with Crippen LogP contribution in [0, 0.1) is 0 Å². The molecule has 0 bridgehead atoms. The van der Waals surface area contributed by atoms with Gasteiger partial charge in [-0.05, 0) is 17.7 Å². The summed E-state index contributed by atoms with van der Waals surface area (Å²) in [5, 5.41) is 10.9. The minimum Gasteiger partial charge on any atom is -0.506 e. The van der Waals surface area contributed by atoms with Gasteiger partial charge in [0.2, 0.25) is 5.43 Å². The van der Waals surface area contributed by atoms with Crippen molar-refractivity contribution in [3.63, 3.8) is 0 Å². The molecule has 5 heteroatoms. The highest BCUT2D eigenvalue weighted by Crippen LogP contribution is 2.43. The Kier molecular flexibility index (Phi) is 5.21. The van der Waals surface area contributed by atoms with Crippen LogP contribution in [0.2, 0.25) is 10.0 Å².